The predicted octanol–water partition coefficient (Wildman–Crippen LogP) is 2.99. The van der Waals surface area contributed by atoms with Crippen molar-refractivity contribution in [3.8, 4) is 0 Å². The molecule has 2 N–H and O–H groups in total. The van der Waals surface area contributed by atoms with Gasteiger partial charge in [-0.05, 0) is 30.9 Å². The smallest absolute Gasteiger partial charge is 0.128 e. The lowest BCUT2D eigenvalue weighted by atomic mass is 10.0. The van der Waals surface area contributed by atoms with E-state index in [1.807, 2.05) is 6.92 Å². The summed E-state index contributed by atoms with van der Waals surface area (Å²) in [7, 11) is 0. The van der Waals surface area contributed by atoms with Crippen LogP contribution in [0.1, 0.15) is 41.1 Å². The number of nitrogens with zero attached hydrogens (tertiary/aromatic N) is 2. The number of aromatic nitrogens is 2. The van der Waals surface area contributed by atoms with Gasteiger partial charge in [0.15, 0.2) is 0 Å². The molecule has 0 aliphatic rings. The van der Waals surface area contributed by atoms with E-state index in [9.17, 15) is 4.39 Å². The van der Waals surface area contributed by atoms with E-state index in [0.717, 1.165) is 29.0 Å². The third kappa shape index (κ3) is 2.57. The summed E-state index contributed by atoms with van der Waals surface area (Å²) < 4.78 is 17.7. The van der Waals surface area contributed by atoms with Crippen molar-refractivity contribution in [2.75, 3.05) is 0 Å². The third-order valence-corrected chi connectivity index (χ3v) is 3.69. The van der Waals surface area contributed by atoms with E-state index in [1.165, 1.54) is 17.6 Å². The van der Waals surface area contributed by atoms with Crippen molar-refractivity contribution < 1.29 is 4.39 Å². The van der Waals surface area contributed by atoms with E-state index < -0.39 is 6.04 Å². The van der Waals surface area contributed by atoms with Gasteiger partial charge in [-0.3, -0.25) is 0 Å². The molecule has 2 aromatic rings. The molecule has 0 aliphatic carbocycles. The number of aryl methyl sites for hydroxylation is 2. The first kappa shape index (κ1) is 13.1. The molecule has 5 heteroatoms. The molecule has 0 aliphatic heterocycles. The molecule has 0 amide bonds. The number of rotatable bonds is 4. The Morgan fingerprint density at radius 2 is 2.22 bits per heavy atom. The molecule has 2 rings (SSSR count). The zero-order valence-corrected chi connectivity index (χ0v) is 11.3. The average molecular weight is 265 g/mol. The van der Waals surface area contributed by atoms with Crippen LogP contribution in [0.25, 0.3) is 0 Å². The summed E-state index contributed by atoms with van der Waals surface area (Å²) in [5.74, 6) is -0.274. The summed E-state index contributed by atoms with van der Waals surface area (Å²) in [5.41, 5.74) is 8.55. The topological polar surface area (TPSA) is 51.8 Å². The van der Waals surface area contributed by atoms with Gasteiger partial charge in [0.25, 0.3) is 0 Å². The minimum atomic E-state index is -0.480. The first-order valence-corrected chi connectivity index (χ1v) is 6.73. The van der Waals surface area contributed by atoms with Crippen LogP contribution < -0.4 is 5.73 Å². The van der Waals surface area contributed by atoms with Gasteiger partial charge in [0.1, 0.15) is 5.82 Å². The van der Waals surface area contributed by atoms with Crippen LogP contribution in [0, 0.1) is 12.7 Å². The van der Waals surface area contributed by atoms with Crippen LogP contribution in [0.15, 0.2) is 18.2 Å². The van der Waals surface area contributed by atoms with Crippen LogP contribution in [0.4, 0.5) is 4.39 Å². The fraction of sp³-hybridized carbons (Fsp3) is 0.385. The Hall–Kier alpha value is -1.33. The Bertz CT molecular complexity index is 539. The molecule has 1 atom stereocenters. The van der Waals surface area contributed by atoms with Crippen molar-refractivity contribution in [1.82, 2.24) is 9.59 Å². The maximum Gasteiger partial charge on any atom is 0.128 e. The van der Waals surface area contributed by atoms with Gasteiger partial charge in [0.2, 0.25) is 0 Å². The number of halogens is 1. The maximum absolute atomic E-state index is 13.8. The zero-order valence-electron chi connectivity index (χ0n) is 10.5. The van der Waals surface area contributed by atoms with Gasteiger partial charge in [-0.15, -0.1) is 5.10 Å². The van der Waals surface area contributed by atoms with Gasteiger partial charge in [-0.1, -0.05) is 35.5 Å². The Kier molecular flexibility index (Phi) is 4.04. The van der Waals surface area contributed by atoms with Crippen LogP contribution in [0.2, 0.25) is 0 Å². The highest BCUT2D eigenvalue weighted by molar-refractivity contribution is 7.05. The average Bonchev–Trinajstić information content (AvgIpc) is 2.80. The predicted molar refractivity (Wildman–Crippen MR) is 71.1 cm³/mol. The minimum Gasteiger partial charge on any atom is -0.319 e. The molecule has 1 unspecified atom stereocenters. The SMILES string of the molecule is CCCc1nnsc1C(N)c1cc(C)ccc1F. The number of hydrogen-bond acceptors (Lipinski definition) is 4. The molecule has 0 saturated carbocycles. The number of nitrogens with two attached hydrogens (primary N) is 1. The van der Waals surface area contributed by atoms with E-state index in [2.05, 4.69) is 16.5 Å². The van der Waals surface area contributed by atoms with E-state index in [1.54, 1.807) is 12.1 Å². The Labute approximate surface area is 110 Å². The molecular formula is C13H16FN3S. The summed E-state index contributed by atoms with van der Waals surface area (Å²) in [6, 6.07) is 4.50. The number of hydrogen-bond donors (Lipinski definition) is 1. The largest absolute Gasteiger partial charge is 0.319 e. The first-order valence-electron chi connectivity index (χ1n) is 5.96. The van der Waals surface area contributed by atoms with Crippen LogP contribution in [-0.2, 0) is 6.42 Å². The van der Waals surface area contributed by atoms with Gasteiger partial charge in [0, 0.05) is 5.56 Å². The Morgan fingerprint density at radius 3 is 2.94 bits per heavy atom. The molecule has 1 aromatic heterocycles. The molecule has 96 valence electrons. The van der Waals surface area contributed by atoms with Crippen LogP contribution in [0.5, 0.6) is 0 Å². The molecule has 0 spiro atoms. The van der Waals surface area contributed by atoms with Crippen molar-refractivity contribution in [3.05, 3.63) is 45.7 Å². The van der Waals surface area contributed by atoms with Crippen molar-refractivity contribution in [1.29, 1.82) is 0 Å². The molecule has 1 aromatic carbocycles. The quantitative estimate of drug-likeness (QED) is 0.924. The fourth-order valence-electron chi connectivity index (χ4n) is 1.90. The summed E-state index contributed by atoms with van der Waals surface area (Å²) >= 11 is 1.25. The summed E-state index contributed by atoms with van der Waals surface area (Å²) in [4.78, 5) is 0.862. The summed E-state index contributed by atoms with van der Waals surface area (Å²) in [6.45, 7) is 4.00. The maximum atomic E-state index is 13.8. The molecular weight excluding hydrogens is 249 g/mol. The normalized spacial score (nSPS) is 12.7. The van der Waals surface area contributed by atoms with Crippen molar-refractivity contribution in [2.45, 2.75) is 32.7 Å². The summed E-state index contributed by atoms with van der Waals surface area (Å²) in [5, 5.41) is 4.07. The third-order valence-electron chi connectivity index (χ3n) is 2.84. The van der Waals surface area contributed by atoms with Crippen molar-refractivity contribution in [2.24, 2.45) is 5.73 Å². The fourth-order valence-corrected chi connectivity index (χ4v) is 2.62. The molecule has 0 saturated heterocycles. The molecule has 18 heavy (non-hydrogen) atoms. The van der Waals surface area contributed by atoms with Gasteiger partial charge < -0.3 is 5.73 Å². The molecule has 0 bridgehead atoms. The van der Waals surface area contributed by atoms with Crippen LogP contribution in [-0.4, -0.2) is 9.59 Å². The highest BCUT2D eigenvalue weighted by Gasteiger charge is 2.19. The highest BCUT2D eigenvalue weighted by Crippen LogP contribution is 2.27. The van der Waals surface area contributed by atoms with Gasteiger partial charge in [-0.25, -0.2) is 4.39 Å². The van der Waals surface area contributed by atoms with Gasteiger partial charge in [0.05, 0.1) is 16.6 Å². The molecule has 3 nitrogen and oxygen atoms in total. The van der Waals surface area contributed by atoms with E-state index >= 15 is 0 Å². The monoisotopic (exact) mass is 265 g/mol. The van der Waals surface area contributed by atoms with Crippen LogP contribution >= 0.6 is 11.5 Å². The van der Waals surface area contributed by atoms with E-state index in [4.69, 9.17) is 5.73 Å². The van der Waals surface area contributed by atoms with Crippen LogP contribution in [0.3, 0.4) is 0 Å². The zero-order chi connectivity index (χ0) is 13.1. The molecule has 0 fully saturated rings. The van der Waals surface area contributed by atoms with Gasteiger partial charge >= 0.3 is 0 Å². The highest BCUT2D eigenvalue weighted by atomic mass is 32.1. The van der Waals surface area contributed by atoms with Crippen molar-refractivity contribution in [3.63, 3.8) is 0 Å². The van der Waals surface area contributed by atoms with E-state index in [-0.39, 0.29) is 5.82 Å². The Morgan fingerprint density at radius 1 is 1.44 bits per heavy atom. The standard InChI is InChI=1S/C13H16FN3S/c1-3-4-11-13(18-17-16-11)12(15)9-7-8(2)5-6-10(9)14/h5-7,12H,3-4,15H2,1-2H3. The second kappa shape index (κ2) is 5.54. The second-order valence-corrected chi connectivity index (χ2v) is 5.12. The number of benzene rings is 1. The van der Waals surface area contributed by atoms with E-state index in [0.29, 0.717) is 5.56 Å². The summed E-state index contributed by atoms with van der Waals surface area (Å²) in [6.07, 6.45) is 1.80. The molecule has 1 heterocycles. The molecule has 0 radical (unpaired) electrons. The minimum absolute atomic E-state index is 0.274. The first-order chi connectivity index (χ1) is 8.63. The van der Waals surface area contributed by atoms with Crippen molar-refractivity contribution >= 4 is 11.5 Å². The lowest BCUT2D eigenvalue weighted by molar-refractivity contribution is 0.599. The lowest BCUT2D eigenvalue weighted by Crippen LogP contribution is -2.14. The second-order valence-electron chi connectivity index (χ2n) is 4.34. The Balaban J connectivity index is 2.38. The lowest BCUT2D eigenvalue weighted by Gasteiger charge is -2.12. The van der Waals surface area contributed by atoms with Gasteiger partial charge in [-0.2, -0.15) is 0 Å².